The summed E-state index contributed by atoms with van der Waals surface area (Å²) in [7, 11) is 0. The highest BCUT2D eigenvalue weighted by molar-refractivity contribution is 6.03. The minimum atomic E-state index is -0.914. The van der Waals surface area contributed by atoms with Gasteiger partial charge >= 0.3 is 0 Å². The van der Waals surface area contributed by atoms with E-state index in [1.807, 2.05) is 6.07 Å². The van der Waals surface area contributed by atoms with Gasteiger partial charge in [-0.05, 0) is 11.6 Å². The number of fused-ring (bicyclic) bond motifs is 1. The average Bonchev–Trinajstić information content (AvgIpc) is 2.58. The topological polar surface area (TPSA) is 98.2 Å². The highest BCUT2D eigenvalue weighted by atomic mass is 16.3. The number of amides is 1. The van der Waals surface area contributed by atoms with Gasteiger partial charge in [-0.2, -0.15) is 5.10 Å². The number of nitrogens with zero attached hydrogens (tertiary/aromatic N) is 2. The molecule has 1 amide bonds. The van der Waals surface area contributed by atoms with Crippen LogP contribution in [0.15, 0.2) is 59.4 Å². The lowest BCUT2D eigenvalue weighted by molar-refractivity contribution is 0.0992. The lowest BCUT2D eigenvalue weighted by atomic mass is 10.1. The van der Waals surface area contributed by atoms with Crippen LogP contribution >= 0.6 is 0 Å². The number of benzene rings is 2. The Morgan fingerprint density at radius 1 is 1.09 bits per heavy atom. The van der Waals surface area contributed by atoms with Crippen molar-refractivity contribution >= 4 is 16.7 Å². The molecular formula is C17H15N3O3. The Morgan fingerprint density at radius 3 is 2.35 bits per heavy atom. The van der Waals surface area contributed by atoms with Gasteiger partial charge < -0.3 is 10.8 Å². The number of aliphatic hydroxyl groups is 1. The Kier molecular flexibility index (Phi) is 3.91. The minimum Gasteiger partial charge on any atom is -0.386 e. The summed E-state index contributed by atoms with van der Waals surface area (Å²) in [4.78, 5) is 24.1. The van der Waals surface area contributed by atoms with Crippen LogP contribution in [0.3, 0.4) is 0 Å². The Bertz CT molecular complexity index is 919. The van der Waals surface area contributed by atoms with Gasteiger partial charge in [0, 0.05) is 5.39 Å². The van der Waals surface area contributed by atoms with Crippen molar-refractivity contribution in [2.24, 2.45) is 5.73 Å². The number of carbonyl (C=O) groups excluding carboxylic acids is 1. The zero-order chi connectivity index (χ0) is 16.4. The van der Waals surface area contributed by atoms with Gasteiger partial charge in [0.2, 0.25) is 0 Å². The second kappa shape index (κ2) is 6.02. The molecule has 0 saturated carbocycles. The maximum absolute atomic E-state index is 12.5. The predicted molar refractivity (Wildman–Crippen MR) is 85.9 cm³/mol. The molecule has 1 aromatic heterocycles. The molecular weight excluding hydrogens is 294 g/mol. The highest BCUT2D eigenvalue weighted by Gasteiger charge is 2.16. The zero-order valence-electron chi connectivity index (χ0n) is 12.2. The monoisotopic (exact) mass is 309 g/mol. The number of primary amides is 1. The summed E-state index contributed by atoms with van der Waals surface area (Å²) in [6, 6.07) is 15.6. The highest BCUT2D eigenvalue weighted by Crippen LogP contribution is 2.16. The van der Waals surface area contributed by atoms with E-state index in [1.54, 1.807) is 48.5 Å². The first-order chi connectivity index (χ1) is 11.1. The number of aromatic nitrogens is 2. The van der Waals surface area contributed by atoms with E-state index in [4.69, 9.17) is 5.73 Å². The maximum atomic E-state index is 12.5. The fraction of sp³-hybridized carbons (Fsp3) is 0.118. The first-order valence-corrected chi connectivity index (χ1v) is 7.10. The molecule has 0 fully saturated rings. The molecule has 6 heteroatoms. The summed E-state index contributed by atoms with van der Waals surface area (Å²) in [5.41, 5.74) is 5.66. The van der Waals surface area contributed by atoms with Crippen LogP contribution in [0.2, 0.25) is 0 Å². The Balaban J connectivity index is 2.09. The molecule has 0 bridgehead atoms. The molecule has 3 rings (SSSR count). The molecule has 3 aromatic rings. The molecule has 0 aliphatic carbocycles. The summed E-state index contributed by atoms with van der Waals surface area (Å²) < 4.78 is 1.08. The van der Waals surface area contributed by atoms with E-state index in [1.165, 1.54) is 0 Å². The van der Waals surface area contributed by atoms with Crippen molar-refractivity contribution in [3.8, 4) is 0 Å². The standard InChI is InChI=1S/C17H15N3O3/c18-16(22)15-12-8-4-5-9-13(12)17(23)20(19-15)10-14(21)11-6-2-1-3-7-11/h1-9,14,21H,10H2,(H2,18,22)/t14-/m1/s1. The van der Waals surface area contributed by atoms with Crippen molar-refractivity contribution in [3.05, 3.63) is 76.2 Å². The van der Waals surface area contributed by atoms with Gasteiger partial charge in [0.25, 0.3) is 11.5 Å². The molecule has 0 saturated heterocycles. The summed E-state index contributed by atoms with van der Waals surface area (Å²) in [5, 5.41) is 15.1. The molecule has 3 N–H and O–H groups in total. The van der Waals surface area contributed by atoms with Crippen LogP contribution in [0, 0.1) is 0 Å². The van der Waals surface area contributed by atoms with E-state index in [2.05, 4.69) is 5.10 Å². The molecule has 0 aliphatic heterocycles. The van der Waals surface area contributed by atoms with Gasteiger partial charge in [-0.3, -0.25) is 9.59 Å². The quantitative estimate of drug-likeness (QED) is 0.757. The fourth-order valence-electron chi connectivity index (χ4n) is 2.49. The lowest BCUT2D eigenvalue weighted by Gasteiger charge is -2.14. The molecule has 6 nitrogen and oxygen atoms in total. The van der Waals surface area contributed by atoms with Crippen molar-refractivity contribution in [2.75, 3.05) is 0 Å². The molecule has 23 heavy (non-hydrogen) atoms. The van der Waals surface area contributed by atoms with E-state index >= 15 is 0 Å². The predicted octanol–water partition coefficient (Wildman–Crippen LogP) is 1.23. The second-order valence-corrected chi connectivity index (χ2v) is 5.17. The van der Waals surface area contributed by atoms with Crippen molar-refractivity contribution in [1.82, 2.24) is 9.78 Å². The third-order valence-electron chi connectivity index (χ3n) is 3.63. The van der Waals surface area contributed by atoms with Crippen molar-refractivity contribution in [2.45, 2.75) is 12.6 Å². The summed E-state index contributed by atoms with van der Waals surface area (Å²) in [6.45, 7) is -0.0615. The Hall–Kier alpha value is -2.99. The number of hydrogen-bond acceptors (Lipinski definition) is 4. The van der Waals surface area contributed by atoms with Crippen LogP contribution in [0.1, 0.15) is 22.2 Å². The second-order valence-electron chi connectivity index (χ2n) is 5.17. The lowest BCUT2D eigenvalue weighted by Crippen LogP contribution is -2.29. The number of rotatable bonds is 4. The van der Waals surface area contributed by atoms with Gasteiger partial charge in [-0.1, -0.05) is 48.5 Å². The van der Waals surface area contributed by atoms with Crippen molar-refractivity contribution < 1.29 is 9.90 Å². The Morgan fingerprint density at radius 2 is 1.70 bits per heavy atom. The van der Waals surface area contributed by atoms with Gasteiger partial charge in [-0.15, -0.1) is 0 Å². The van der Waals surface area contributed by atoms with Crippen LogP contribution in [0.4, 0.5) is 0 Å². The minimum absolute atomic E-state index is 0.0143. The van der Waals surface area contributed by atoms with E-state index in [0.717, 1.165) is 4.68 Å². The Labute approximate surface area is 131 Å². The van der Waals surface area contributed by atoms with Gasteiger partial charge in [0.15, 0.2) is 5.69 Å². The normalized spacial score (nSPS) is 12.2. The molecule has 0 spiro atoms. The zero-order valence-corrected chi connectivity index (χ0v) is 12.2. The summed E-state index contributed by atoms with van der Waals surface area (Å²) in [6.07, 6.45) is -0.914. The van der Waals surface area contributed by atoms with Crippen molar-refractivity contribution in [3.63, 3.8) is 0 Å². The van der Waals surface area contributed by atoms with Crippen LogP contribution in [0.5, 0.6) is 0 Å². The number of hydrogen-bond donors (Lipinski definition) is 2. The third kappa shape index (κ3) is 2.84. The van der Waals surface area contributed by atoms with Crippen LogP contribution in [-0.4, -0.2) is 20.8 Å². The summed E-state index contributed by atoms with van der Waals surface area (Å²) in [5.74, 6) is -0.718. The van der Waals surface area contributed by atoms with Gasteiger partial charge in [-0.25, -0.2) is 4.68 Å². The fourth-order valence-corrected chi connectivity index (χ4v) is 2.49. The van der Waals surface area contributed by atoms with Gasteiger partial charge in [0.05, 0.1) is 18.0 Å². The third-order valence-corrected chi connectivity index (χ3v) is 3.63. The number of nitrogens with two attached hydrogens (primary N) is 1. The molecule has 0 unspecified atom stereocenters. The van der Waals surface area contributed by atoms with E-state index in [0.29, 0.717) is 16.3 Å². The first kappa shape index (κ1) is 14.9. The van der Waals surface area contributed by atoms with Crippen LogP contribution in [0.25, 0.3) is 10.8 Å². The summed E-state index contributed by atoms with van der Waals surface area (Å²) >= 11 is 0. The average molecular weight is 309 g/mol. The first-order valence-electron chi connectivity index (χ1n) is 7.10. The van der Waals surface area contributed by atoms with E-state index in [9.17, 15) is 14.7 Å². The van der Waals surface area contributed by atoms with E-state index < -0.39 is 12.0 Å². The molecule has 116 valence electrons. The number of carbonyl (C=O) groups is 1. The number of aliphatic hydroxyl groups excluding tert-OH is 1. The molecule has 0 aliphatic rings. The smallest absolute Gasteiger partial charge is 0.274 e. The van der Waals surface area contributed by atoms with Crippen LogP contribution < -0.4 is 11.3 Å². The van der Waals surface area contributed by atoms with Crippen molar-refractivity contribution in [1.29, 1.82) is 0 Å². The van der Waals surface area contributed by atoms with Crippen LogP contribution in [-0.2, 0) is 6.54 Å². The SMILES string of the molecule is NC(=O)c1nn(C[C@@H](O)c2ccccc2)c(=O)c2ccccc12. The maximum Gasteiger partial charge on any atom is 0.274 e. The molecule has 1 atom stereocenters. The van der Waals surface area contributed by atoms with E-state index in [-0.39, 0.29) is 17.8 Å². The molecule has 0 radical (unpaired) electrons. The molecule has 2 aromatic carbocycles. The largest absolute Gasteiger partial charge is 0.386 e. The molecule has 1 heterocycles. The van der Waals surface area contributed by atoms with Gasteiger partial charge in [0.1, 0.15) is 0 Å².